The second-order valence-electron chi connectivity index (χ2n) is 5.99. The number of methoxy groups -OCH3 is 2. The summed E-state index contributed by atoms with van der Waals surface area (Å²) < 4.78 is 10.7. The summed E-state index contributed by atoms with van der Waals surface area (Å²) in [5, 5.41) is 3.28. The van der Waals surface area contributed by atoms with Gasteiger partial charge in [-0.15, -0.1) is 0 Å². The minimum Gasteiger partial charge on any atom is -0.493 e. The minimum absolute atomic E-state index is 0.140. The number of ether oxygens (including phenoxy) is 2. The lowest BCUT2D eigenvalue weighted by Gasteiger charge is -2.28. The average Bonchev–Trinajstić information content (AvgIpc) is 3.24. The molecule has 22 heavy (non-hydrogen) atoms. The number of nitrogens with zero attached hydrogens (tertiary/aromatic N) is 1. The minimum atomic E-state index is 0.140. The van der Waals surface area contributed by atoms with Gasteiger partial charge in [-0.25, -0.2) is 0 Å². The molecule has 0 unspecified atom stereocenters. The van der Waals surface area contributed by atoms with E-state index in [2.05, 4.69) is 10.2 Å². The number of carbonyl (C=O) groups is 1. The third-order valence-corrected chi connectivity index (χ3v) is 4.74. The largest absolute Gasteiger partial charge is 0.493 e. The summed E-state index contributed by atoms with van der Waals surface area (Å²) in [7, 11) is 3.28. The van der Waals surface area contributed by atoms with E-state index in [9.17, 15) is 4.79 Å². The Morgan fingerprint density at radius 1 is 1.23 bits per heavy atom. The maximum Gasteiger partial charge on any atom is 0.227 e. The number of carbonyl (C=O) groups excluding carboxylic acids is 1. The zero-order valence-corrected chi connectivity index (χ0v) is 13.3. The molecule has 1 N–H and O–H groups in total. The fraction of sp³-hybridized carbons (Fsp3) is 0.588. The standard InChI is InChI=1S/C17H24N2O3/c1-21-15-6-5-12(10-16(15)22-2)14-4-3-9-19(14)17(20)13-7-8-18-11-13/h5-6,10,13-14,18H,3-4,7-9,11H2,1-2H3/t13-,14+/m0/s1. The molecule has 2 fully saturated rings. The van der Waals surface area contributed by atoms with E-state index in [-0.39, 0.29) is 12.0 Å². The molecule has 5 nitrogen and oxygen atoms in total. The van der Waals surface area contributed by atoms with Crippen LogP contribution in [0.5, 0.6) is 11.5 Å². The quantitative estimate of drug-likeness (QED) is 0.924. The van der Waals surface area contributed by atoms with Gasteiger partial charge in [-0.1, -0.05) is 6.07 Å². The number of hydrogen-bond donors (Lipinski definition) is 1. The summed E-state index contributed by atoms with van der Waals surface area (Å²) in [5.74, 6) is 1.88. The summed E-state index contributed by atoms with van der Waals surface area (Å²) in [4.78, 5) is 14.8. The molecule has 120 valence electrons. The molecule has 0 aromatic heterocycles. The first kappa shape index (κ1) is 15.2. The van der Waals surface area contributed by atoms with E-state index in [0.717, 1.165) is 56.0 Å². The van der Waals surface area contributed by atoms with Crippen LogP contribution in [0.25, 0.3) is 0 Å². The average molecular weight is 304 g/mol. The lowest BCUT2D eigenvalue weighted by molar-refractivity contribution is -0.135. The van der Waals surface area contributed by atoms with Crippen LogP contribution in [0.3, 0.4) is 0 Å². The predicted molar refractivity (Wildman–Crippen MR) is 84.2 cm³/mol. The highest BCUT2D eigenvalue weighted by atomic mass is 16.5. The number of rotatable bonds is 4. The highest BCUT2D eigenvalue weighted by Gasteiger charge is 2.35. The summed E-state index contributed by atoms with van der Waals surface area (Å²) in [6.07, 6.45) is 3.03. The van der Waals surface area contributed by atoms with Crippen molar-refractivity contribution in [2.75, 3.05) is 33.9 Å². The lowest BCUT2D eigenvalue weighted by Crippen LogP contribution is -2.36. The van der Waals surface area contributed by atoms with Crippen LogP contribution < -0.4 is 14.8 Å². The van der Waals surface area contributed by atoms with E-state index in [1.165, 1.54) is 0 Å². The van der Waals surface area contributed by atoms with Crippen LogP contribution in [0, 0.1) is 5.92 Å². The number of hydrogen-bond acceptors (Lipinski definition) is 4. The van der Waals surface area contributed by atoms with Crippen LogP contribution in [0.4, 0.5) is 0 Å². The van der Waals surface area contributed by atoms with Crippen molar-refractivity contribution in [1.82, 2.24) is 10.2 Å². The van der Waals surface area contributed by atoms with Gasteiger partial charge in [0.15, 0.2) is 11.5 Å². The van der Waals surface area contributed by atoms with Crippen molar-refractivity contribution >= 4 is 5.91 Å². The summed E-state index contributed by atoms with van der Waals surface area (Å²) in [5.41, 5.74) is 1.13. The fourth-order valence-corrected chi connectivity index (χ4v) is 3.54. The van der Waals surface area contributed by atoms with Gasteiger partial charge in [0, 0.05) is 13.1 Å². The van der Waals surface area contributed by atoms with Crippen LogP contribution >= 0.6 is 0 Å². The first-order valence-corrected chi connectivity index (χ1v) is 7.97. The lowest BCUT2D eigenvalue weighted by atomic mass is 10.0. The molecule has 0 saturated carbocycles. The van der Waals surface area contributed by atoms with Crippen molar-refractivity contribution in [2.24, 2.45) is 5.92 Å². The summed E-state index contributed by atoms with van der Waals surface area (Å²) in [6.45, 7) is 2.62. The molecule has 2 aliphatic rings. The first-order valence-electron chi connectivity index (χ1n) is 7.97. The molecular weight excluding hydrogens is 280 g/mol. The molecular formula is C17H24N2O3. The summed E-state index contributed by atoms with van der Waals surface area (Å²) in [6, 6.07) is 6.13. The Bertz CT molecular complexity index is 541. The monoisotopic (exact) mass is 304 g/mol. The Labute approximate surface area is 131 Å². The van der Waals surface area contributed by atoms with Crippen LogP contribution in [0.15, 0.2) is 18.2 Å². The van der Waals surface area contributed by atoms with E-state index >= 15 is 0 Å². The highest BCUT2D eigenvalue weighted by molar-refractivity contribution is 5.80. The van der Waals surface area contributed by atoms with Gasteiger partial charge in [-0.3, -0.25) is 4.79 Å². The molecule has 0 radical (unpaired) electrons. The van der Waals surface area contributed by atoms with Gasteiger partial charge >= 0.3 is 0 Å². The van der Waals surface area contributed by atoms with E-state index in [1.807, 2.05) is 18.2 Å². The van der Waals surface area contributed by atoms with Gasteiger partial charge in [-0.2, -0.15) is 0 Å². The van der Waals surface area contributed by atoms with Crippen molar-refractivity contribution in [3.05, 3.63) is 23.8 Å². The van der Waals surface area contributed by atoms with Crippen molar-refractivity contribution in [3.8, 4) is 11.5 Å². The Hall–Kier alpha value is -1.75. The normalized spacial score (nSPS) is 24.5. The SMILES string of the molecule is COc1ccc([C@H]2CCCN2C(=O)[C@H]2CCNC2)cc1OC. The van der Waals surface area contributed by atoms with Gasteiger partial charge < -0.3 is 19.7 Å². The molecule has 1 aromatic carbocycles. The number of benzene rings is 1. The maximum atomic E-state index is 12.7. The molecule has 3 rings (SSSR count). The van der Waals surface area contributed by atoms with Gasteiger partial charge in [0.05, 0.1) is 26.2 Å². The van der Waals surface area contributed by atoms with Crippen LogP contribution in [0.2, 0.25) is 0 Å². The van der Waals surface area contributed by atoms with E-state index < -0.39 is 0 Å². The highest BCUT2D eigenvalue weighted by Crippen LogP contribution is 2.37. The number of likely N-dealkylation sites (tertiary alicyclic amines) is 1. The predicted octanol–water partition coefficient (Wildman–Crippen LogP) is 1.98. The Morgan fingerprint density at radius 2 is 2.05 bits per heavy atom. The van der Waals surface area contributed by atoms with Gasteiger partial charge in [0.25, 0.3) is 0 Å². The van der Waals surface area contributed by atoms with Crippen LogP contribution in [-0.4, -0.2) is 44.7 Å². The molecule has 0 aliphatic carbocycles. The van der Waals surface area contributed by atoms with Crippen molar-refractivity contribution in [1.29, 1.82) is 0 Å². The molecule has 5 heteroatoms. The number of nitrogens with one attached hydrogen (secondary N) is 1. The van der Waals surface area contributed by atoms with E-state index in [1.54, 1.807) is 14.2 Å². The molecule has 0 spiro atoms. The molecule has 2 aliphatic heterocycles. The zero-order chi connectivity index (χ0) is 15.5. The maximum absolute atomic E-state index is 12.7. The van der Waals surface area contributed by atoms with E-state index in [4.69, 9.17) is 9.47 Å². The zero-order valence-electron chi connectivity index (χ0n) is 13.3. The van der Waals surface area contributed by atoms with Crippen molar-refractivity contribution < 1.29 is 14.3 Å². The molecule has 1 aromatic rings. The Morgan fingerprint density at radius 3 is 2.73 bits per heavy atom. The van der Waals surface area contributed by atoms with Gasteiger partial charge in [-0.05, 0) is 43.5 Å². The third kappa shape index (κ3) is 2.77. The smallest absolute Gasteiger partial charge is 0.227 e. The Balaban J connectivity index is 1.82. The molecule has 2 heterocycles. The first-order chi connectivity index (χ1) is 10.7. The van der Waals surface area contributed by atoms with Gasteiger partial charge in [0.2, 0.25) is 5.91 Å². The van der Waals surface area contributed by atoms with Crippen molar-refractivity contribution in [2.45, 2.75) is 25.3 Å². The second-order valence-corrected chi connectivity index (χ2v) is 5.99. The van der Waals surface area contributed by atoms with Crippen LogP contribution in [0.1, 0.15) is 30.9 Å². The molecule has 2 saturated heterocycles. The molecule has 0 bridgehead atoms. The second kappa shape index (κ2) is 6.57. The Kier molecular flexibility index (Phi) is 4.52. The van der Waals surface area contributed by atoms with E-state index in [0.29, 0.717) is 5.91 Å². The molecule has 2 atom stereocenters. The van der Waals surface area contributed by atoms with Crippen LogP contribution in [-0.2, 0) is 4.79 Å². The van der Waals surface area contributed by atoms with Crippen molar-refractivity contribution in [3.63, 3.8) is 0 Å². The molecule has 1 amide bonds. The van der Waals surface area contributed by atoms with Gasteiger partial charge in [0.1, 0.15) is 0 Å². The third-order valence-electron chi connectivity index (χ3n) is 4.74. The topological polar surface area (TPSA) is 50.8 Å². The number of amides is 1. The fourth-order valence-electron chi connectivity index (χ4n) is 3.54. The summed E-state index contributed by atoms with van der Waals surface area (Å²) >= 11 is 0.